The van der Waals surface area contributed by atoms with Crippen LogP contribution in [0.4, 0.5) is 0 Å². The van der Waals surface area contributed by atoms with Crippen LogP contribution in [0.2, 0.25) is 0 Å². The SMILES string of the molecule is CCCCC(C)NS(=O)(=O)c1cc(CNCCC)cs1. The quantitative estimate of drug-likeness (QED) is 0.652. The molecule has 0 aliphatic carbocycles. The lowest BCUT2D eigenvalue weighted by molar-refractivity contribution is 0.535. The summed E-state index contributed by atoms with van der Waals surface area (Å²) in [7, 11) is -3.36. The van der Waals surface area contributed by atoms with Gasteiger partial charge in [0, 0.05) is 12.6 Å². The van der Waals surface area contributed by atoms with Gasteiger partial charge in [-0.3, -0.25) is 0 Å². The summed E-state index contributed by atoms with van der Waals surface area (Å²) in [6.45, 7) is 7.81. The first-order valence-electron chi connectivity index (χ1n) is 7.30. The molecule has 6 heteroatoms. The minimum absolute atomic E-state index is 0.0104. The van der Waals surface area contributed by atoms with E-state index in [0.717, 1.165) is 44.3 Å². The van der Waals surface area contributed by atoms with Crippen LogP contribution in [0, 0.1) is 0 Å². The molecule has 0 aromatic carbocycles. The van der Waals surface area contributed by atoms with Gasteiger partial charge in [-0.15, -0.1) is 11.3 Å². The number of sulfonamides is 1. The Bertz CT molecular complexity index is 483. The number of unbranched alkanes of at least 4 members (excludes halogenated alkanes) is 1. The summed E-state index contributed by atoms with van der Waals surface area (Å²) in [5.41, 5.74) is 1.03. The molecule has 4 nitrogen and oxygen atoms in total. The Morgan fingerprint density at radius 2 is 2.05 bits per heavy atom. The third-order valence-corrected chi connectivity index (χ3v) is 6.08. The molecule has 0 fully saturated rings. The van der Waals surface area contributed by atoms with Crippen molar-refractivity contribution in [3.05, 3.63) is 17.0 Å². The molecular weight excluding hydrogens is 292 g/mol. The second-order valence-electron chi connectivity index (χ2n) is 5.12. The normalized spacial score (nSPS) is 13.6. The Morgan fingerprint density at radius 3 is 2.70 bits per heavy atom. The van der Waals surface area contributed by atoms with Crippen LogP contribution in [0.15, 0.2) is 15.7 Å². The van der Waals surface area contributed by atoms with E-state index in [1.165, 1.54) is 11.3 Å². The van der Waals surface area contributed by atoms with Gasteiger partial charge in [-0.1, -0.05) is 26.7 Å². The third kappa shape index (κ3) is 5.91. The van der Waals surface area contributed by atoms with Gasteiger partial charge < -0.3 is 5.32 Å². The molecule has 0 saturated carbocycles. The Morgan fingerprint density at radius 1 is 1.30 bits per heavy atom. The second-order valence-corrected chi connectivity index (χ2v) is 7.97. The van der Waals surface area contributed by atoms with Crippen LogP contribution in [0.25, 0.3) is 0 Å². The van der Waals surface area contributed by atoms with Gasteiger partial charge >= 0.3 is 0 Å². The van der Waals surface area contributed by atoms with E-state index < -0.39 is 10.0 Å². The van der Waals surface area contributed by atoms with E-state index in [0.29, 0.717) is 4.21 Å². The first kappa shape index (κ1) is 17.6. The summed E-state index contributed by atoms with van der Waals surface area (Å²) in [6.07, 6.45) is 4.08. The van der Waals surface area contributed by atoms with Crippen LogP contribution in [-0.4, -0.2) is 21.0 Å². The lowest BCUT2D eigenvalue weighted by Crippen LogP contribution is -2.32. The molecule has 116 valence electrons. The highest BCUT2D eigenvalue weighted by molar-refractivity contribution is 7.91. The molecule has 20 heavy (non-hydrogen) atoms. The Kier molecular flexibility index (Phi) is 7.72. The highest BCUT2D eigenvalue weighted by Crippen LogP contribution is 2.20. The molecule has 1 heterocycles. The molecule has 1 aromatic heterocycles. The van der Waals surface area contributed by atoms with Gasteiger partial charge in [0.05, 0.1) is 0 Å². The maximum absolute atomic E-state index is 12.2. The molecule has 0 spiro atoms. The number of hydrogen-bond donors (Lipinski definition) is 2. The van der Waals surface area contributed by atoms with Gasteiger partial charge in [-0.05, 0) is 43.3 Å². The minimum Gasteiger partial charge on any atom is -0.313 e. The fourth-order valence-electron chi connectivity index (χ4n) is 1.89. The fourth-order valence-corrected chi connectivity index (χ4v) is 4.39. The van der Waals surface area contributed by atoms with E-state index >= 15 is 0 Å². The summed E-state index contributed by atoms with van der Waals surface area (Å²) in [5, 5.41) is 5.19. The van der Waals surface area contributed by atoms with Crippen molar-refractivity contribution in [1.82, 2.24) is 10.0 Å². The standard InChI is InChI=1S/C14H26N2O2S2/c1-4-6-7-12(3)16-20(17,18)14-9-13(11-19-14)10-15-8-5-2/h9,11-12,15-16H,4-8,10H2,1-3H3. The molecule has 1 unspecified atom stereocenters. The van der Waals surface area contributed by atoms with Gasteiger partial charge in [0.15, 0.2) is 0 Å². The highest BCUT2D eigenvalue weighted by Gasteiger charge is 2.19. The largest absolute Gasteiger partial charge is 0.313 e. The Labute approximate surface area is 127 Å². The van der Waals surface area contributed by atoms with Gasteiger partial charge in [-0.25, -0.2) is 13.1 Å². The molecule has 0 aliphatic rings. The number of thiophene rings is 1. The molecule has 2 N–H and O–H groups in total. The number of rotatable bonds is 10. The first-order valence-corrected chi connectivity index (χ1v) is 9.66. The van der Waals surface area contributed by atoms with Crippen LogP contribution in [-0.2, 0) is 16.6 Å². The van der Waals surface area contributed by atoms with Crippen molar-refractivity contribution in [2.75, 3.05) is 6.54 Å². The van der Waals surface area contributed by atoms with Gasteiger partial charge in [0.2, 0.25) is 10.0 Å². The van der Waals surface area contributed by atoms with E-state index in [1.54, 1.807) is 6.07 Å². The van der Waals surface area contributed by atoms with Crippen LogP contribution < -0.4 is 10.0 Å². The molecule has 0 saturated heterocycles. The van der Waals surface area contributed by atoms with Crippen LogP contribution in [0.3, 0.4) is 0 Å². The van der Waals surface area contributed by atoms with Gasteiger partial charge in [-0.2, -0.15) is 0 Å². The molecule has 1 aromatic rings. The summed E-state index contributed by atoms with van der Waals surface area (Å²) < 4.78 is 27.6. The van der Waals surface area contributed by atoms with Gasteiger partial charge in [0.25, 0.3) is 0 Å². The Hall–Kier alpha value is -0.430. The molecule has 0 bridgehead atoms. The average molecular weight is 319 g/mol. The van der Waals surface area contributed by atoms with Crippen molar-refractivity contribution in [3.8, 4) is 0 Å². The monoisotopic (exact) mass is 318 g/mol. The highest BCUT2D eigenvalue weighted by atomic mass is 32.2. The topological polar surface area (TPSA) is 58.2 Å². The van der Waals surface area contributed by atoms with E-state index in [-0.39, 0.29) is 6.04 Å². The maximum Gasteiger partial charge on any atom is 0.250 e. The van der Waals surface area contributed by atoms with Gasteiger partial charge in [0.1, 0.15) is 4.21 Å². The van der Waals surface area contributed by atoms with Crippen molar-refractivity contribution in [2.24, 2.45) is 0 Å². The van der Waals surface area contributed by atoms with Crippen molar-refractivity contribution in [1.29, 1.82) is 0 Å². The lowest BCUT2D eigenvalue weighted by atomic mass is 10.2. The van der Waals surface area contributed by atoms with Crippen LogP contribution in [0.5, 0.6) is 0 Å². The Balaban J connectivity index is 2.59. The first-order chi connectivity index (χ1) is 9.49. The summed E-state index contributed by atoms with van der Waals surface area (Å²) in [6, 6.07) is 1.76. The zero-order valence-corrected chi connectivity index (χ0v) is 14.2. The summed E-state index contributed by atoms with van der Waals surface area (Å²) in [5.74, 6) is 0. The molecule has 1 atom stereocenters. The molecule has 0 aliphatic heterocycles. The van der Waals surface area contributed by atoms with Crippen molar-refractivity contribution >= 4 is 21.4 Å². The summed E-state index contributed by atoms with van der Waals surface area (Å²) in [4.78, 5) is 0. The average Bonchev–Trinajstić information content (AvgIpc) is 2.86. The third-order valence-electron chi connectivity index (χ3n) is 3.00. The molecule has 0 amide bonds. The van der Waals surface area contributed by atoms with Crippen molar-refractivity contribution in [3.63, 3.8) is 0 Å². The summed E-state index contributed by atoms with van der Waals surface area (Å²) >= 11 is 1.29. The zero-order chi connectivity index (χ0) is 15.0. The van der Waals surface area contributed by atoms with Crippen molar-refractivity contribution < 1.29 is 8.42 Å². The van der Waals surface area contributed by atoms with E-state index in [2.05, 4.69) is 23.9 Å². The smallest absolute Gasteiger partial charge is 0.250 e. The predicted octanol–water partition coefficient (Wildman–Crippen LogP) is 3.10. The number of hydrogen-bond acceptors (Lipinski definition) is 4. The van der Waals surface area contributed by atoms with Crippen LogP contribution >= 0.6 is 11.3 Å². The van der Waals surface area contributed by atoms with Crippen molar-refractivity contribution in [2.45, 2.75) is 63.3 Å². The van der Waals surface area contributed by atoms with E-state index in [1.807, 2.05) is 12.3 Å². The number of nitrogens with one attached hydrogen (secondary N) is 2. The molecule has 0 radical (unpaired) electrons. The maximum atomic E-state index is 12.2. The minimum atomic E-state index is -3.36. The predicted molar refractivity (Wildman–Crippen MR) is 85.6 cm³/mol. The lowest BCUT2D eigenvalue weighted by Gasteiger charge is -2.12. The van der Waals surface area contributed by atoms with E-state index in [9.17, 15) is 8.42 Å². The zero-order valence-electron chi connectivity index (χ0n) is 12.6. The fraction of sp³-hybridized carbons (Fsp3) is 0.714. The molecular formula is C14H26N2O2S2. The van der Waals surface area contributed by atoms with Crippen LogP contribution in [0.1, 0.15) is 52.0 Å². The van der Waals surface area contributed by atoms with E-state index in [4.69, 9.17) is 0 Å². The second kappa shape index (κ2) is 8.77. The molecule has 1 rings (SSSR count).